The van der Waals surface area contributed by atoms with Gasteiger partial charge in [0, 0.05) is 45.9 Å². The first kappa shape index (κ1) is 12.9. The van der Waals surface area contributed by atoms with Gasteiger partial charge in [0.25, 0.3) is 0 Å². The SMILES string of the molecule is CCOCCN1CCN(CC(C)C)CC1. The molecule has 0 N–H and O–H groups in total. The Bertz CT molecular complexity index is 154. The molecule has 0 amide bonds. The second kappa shape index (κ2) is 7.20. The zero-order chi connectivity index (χ0) is 11.1. The van der Waals surface area contributed by atoms with Crippen LogP contribution in [0, 0.1) is 5.92 Å². The van der Waals surface area contributed by atoms with Crippen molar-refractivity contribution in [2.45, 2.75) is 20.8 Å². The average molecular weight is 214 g/mol. The first-order valence-electron chi connectivity index (χ1n) is 6.24. The van der Waals surface area contributed by atoms with E-state index in [1.54, 1.807) is 0 Å². The van der Waals surface area contributed by atoms with Crippen LogP contribution in [0.2, 0.25) is 0 Å². The minimum atomic E-state index is 0.792. The molecule has 0 aromatic carbocycles. The van der Waals surface area contributed by atoms with Crippen LogP contribution in [-0.4, -0.2) is 62.3 Å². The molecule has 3 nitrogen and oxygen atoms in total. The average Bonchev–Trinajstić information content (AvgIpc) is 2.20. The van der Waals surface area contributed by atoms with Crippen LogP contribution in [0.4, 0.5) is 0 Å². The molecular weight excluding hydrogens is 188 g/mol. The Hall–Kier alpha value is -0.120. The van der Waals surface area contributed by atoms with Crippen molar-refractivity contribution in [3.05, 3.63) is 0 Å². The van der Waals surface area contributed by atoms with Gasteiger partial charge in [-0.1, -0.05) is 13.8 Å². The quantitative estimate of drug-likeness (QED) is 0.620. The van der Waals surface area contributed by atoms with Gasteiger partial charge in [0.2, 0.25) is 0 Å². The van der Waals surface area contributed by atoms with E-state index in [1.807, 2.05) is 0 Å². The maximum Gasteiger partial charge on any atom is 0.0593 e. The molecule has 1 heterocycles. The van der Waals surface area contributed by atoms with Gasteiger partial charge in [-0.25, -0.2) is 0 Å². The fourth-order valence-electron chi connectivity index (χ4n) is 2.05. The molecule has 15 heavy (non-hydrogen) atoms. The number of nitrogens with zero attached hydrogens (tertiary/aromatic N) is 2. The Morgan fingerprint density at radius 1 is 1.07 bits per heavy atom. The van der Waals surface area contributed by atoms with E-state index < -0.39 is 0 Å². The minimum Gasteiger partial charge on any atom is -0.380 e. The van der Waals surface area contributed by atoms with Gasteiger partial charge < -0.3 is 9.64 Å². The third kappa shape index (κ3) is 5.50. The summed E-state index contributed by atoms with van der Waals surface area (Å²) in [7, 11) is 0. The molecule has 0 aromatic heterocycles. The van der Waals surface area contributed by atoms with Gasteiger partial charge in [-0.05, 0) is 12.8 Å². The van der Waals surface area contributed by atoms with Gasteiger partial charge in [0.15, 0.2) is 0 Å². The molecule has 0 unspecified atom stereocenters. The zero-order valence-electron chi connectivity index (χ0n) is 10.5. The second-order valence-electron chi connectivity index (χ2n) is 4.73. The predicted molar refractivity (Wildman–Crippen MR) is 64.2 cm³/mol. The Labute approximate surface area is 94.4 Å². The highest BCUT2D eigenvalue weighted by Gasteiger charge is 2.16. The molecule has 0 saturated carbocycles. The monoisotopic (exact) mass is 214 g/mol. The summed E-state index contributed by atoms with van der Waals surface area (Å²) in [4.78, 5) is 5.08. The van der Waals surface area contributed by atoms with E-state index in [1.165, 1.54) is 32.7 Å². The Balaban J connectivity index is 2.07. The molecule has 0 atom stereocenters. The molecule has 0 bridgehead atoms. The van der Waals surface area contributed by atoms with Crippen LogP contribution in [0.5, 0.6) is 0 Å². The zero-order valence-corrected chi connectivity index (χ0v) is 10.5. The van der Waals surface area contributed by atoms with Crippen LogP contribution in [0.25, 0.3) is 0 Å². The lowest BCUT2D eigenvalue weighted by molar-refractivity contribution is 0.0772. The fraction of sp³-hybridized carbons (Fsp3) is 1.00. The predicted octanol–water partition coefficient (Wildman–Crippen LogP) is 1.30. The van der Waals surface area contributed by atoms with Crippen LogP contribution in [0.1, 0.15) is 20.8 Å². The van der Waals surface area contributed by atoms with E-state index in [4.69, 9.17) is 4.74 Å². The van der Waals surface area contributed by atoms with Crippen LogP contribution < -0.4 is 0 Å². The standard InChI is InChI=1S/C12H26N2O/c1-4-15-10-9-13-5-7-14(8-6-13)11-12(2)3/h12H,4-11H2,1-3H3. The molecule has 90 valence electrons. The lowest BCUT2D eigenvalue weighted by atomic mass is 10.2. The highest BCUT2D eigenvalue weighted by atomic mass is 16.5. The van der Waals surface area contributed by atoms with Crippen LogP contribution in [-0.2, 0) is 4.74 Å². The van der Waals surface area contributed by atoms with Crippen molar-refractivity contribution in [1.82, 2.24) is 9.80 Å². The summed E-state index contributed by atoms with van der Waals surface area (Å²) in [6.45, 7) is 15.6. The van der Waals surface area contributed by atoms with E-state index in [2.05, 4.69) is 30.6 Å². The number of hydrogen-bond donors (Lipinski definition) is 0. The van der Waals surface area contributed by atoms with Crippen LogP contribution in [0.3, 0.4) is 0 Å². The fourth-order valence-corrected chi connectivity index (χ4v) is 2.05. The van der Waals surface area contributed by atoms with Gasteiger partial charge in [0.1, 0.15) is 0 Å². The minimum absolute atomic E-state index is 0.792. The van der Waals surface area contributed by atoms with Crippen LogP contribution >= 0.6 is 0 Å². The molecule has 1 saturated heterocycles. The molecular formula is C12H26N2O. The van der Waals surface area contributed by atoms with Crippen molar-refractivity contribution in [3.63, 3.8) is 0 Å². The molecule has 0 spiro atoms. The second-order valence-corrected chi connectivity index (χ2v) is 4.73. The molecule has 1 aliphatic rings. The lowest BCUT2D eigenvalue weighted by Gasteiger charge is -2.35. The largest absolute Gasteiger partial charge is 0.380 e. The Kier molecular flexibility index (Phi) is 6.22. The van der Waals surface area contributed by atoms with Crippen molar-refractivity contribution in [2.24, 2.45) is 5.92 Å². The molecule has 1 rings (SSSR count). The highest BCUT2D eigenvalue weighted by molar-refractivity contribution is 4.72. The van der Waals surface area contributed by atoms with Gasteiger partial charge in [-0.2, -0.15) is 0 Å². The number of ether oxygens (including phenoxy) is 1. The molecule has 1 aliphatic heterocycles. The first-order chi connectivity index (χ1) is 7.22. The van der Waals surface area contributed by atoms with Gasteiger partial charge in [-0.15, -0.1) is 0 Å². The molecule has 0 radical (unpaired) electrons. The molecule has 3 heteroatoms. The first-order valence-corrected chi connectivity index (χ1v) is 6.24. The number of piperazine rings is 1. The number of hydrogen-bond acceptors (Lipinski definition) is 3. The van der Waals surface area contributed by atoms with E-state index >= 15 is 0 Å². The number of rotatable bonds is 6. The maximum absolute atomic E-state index is 5.37. The van der Waals surface area contributed by atoms with Gasteiger partial charge in [-0.3, -0.25) is 4.90 Å². The summed E-state index contributed by atoms with van der Waals surface area (Å²) in [5.74, 6) is 0.792. The smallest absolute Gasteiger partial charge is 0.0593 e. The van der Waals surface area contributed by atoms with Gasteiger partial charge >= 0.3 is 0 Å². The van der Waals surface area contributed by atoms with Crippen LogP contribution in [0.15, 0.2) is 0 Å². The normalized spacial score (nSPS) is 20.0. The van der Waals surface area contributed by atoms with E-state index in [0.29, 0.717) is 0 Å². The van der Waals surface area contributed by atoms with Crippen molar-refractivity contribution < 1.29 is 4.74 Å². The Morgan fingerprint density at radius 3 is 2.20 bits per heavy atom. The maximum atomic E-state index is 5.37. The third-order valence-corrected chi connectivity index (χ3v) is 2.84. The summed E-state index contributed by atoms with van der Waals surface area (Å²) in [5.41, 5.74) is 0. The van der Waals surface area contributed by atoms with Gasteiger partial charge in [0.05, 0.1) is 6.61 Å². The summed E-state index contributed by atoms with van der Waals surface area (Å²) in [6, 6.07) is 0. The third-order valence-electron chi connectivity index (χ3n) is 2.84. The van der Waals surface area contributed by atoms with Crippen molar-refractivity contribution >= 4 is 0 Å². The van der Waals surface area contributed by atoms with E-state index in [0.717, 1.165) is 25.7 Å². The van der Waals surface area contributed by atoms with E-state index in [-0.39, 0.29) is 0 Å². The lowest BCUT2D eigenvalue weighted by Crippen LogP contribution is -2.48. The van der Waals surface area contributed by atoms with Crippen molar-refractivity contribution in [2.75, 3.05) is 52.5 Å². The summed E-state index contributed by atoms with van der Waals surface area (Å²) >= 11 is 0. The molecule has 0 aromatic rings. The summed E-state index contributed by atoms with van der Waals surface area (Å²) in [5, 5.41) is 0. The topological polar surface area (TPSA) is 15.7 Å². The summed E-state index contributed by atoms with van der Waals surface area (Å²) in [6.07, 6.45) is 0. The van der Waals surface area contributed by atoms with Crippen molar-refractivity contribution in [1.29, 1.82) is 0 Å². The van der Waals surface area contributed by atoms with Crippen molar-refractivity contribution in [3.8, 4) is 0 Å². The Morgan fingerprint density at radius 2 is 1.67 bits per heavy atom. The molecule has 1 fully saturated rings. The van der Waals surface area contributed by atoms with E-state index in [9.17, 15) is 0 Å². The highest BCUT2D eigenvalue weighted by Crippen LogP contribution is 2.04. The molecule has 0 aliphatic carbocycles. The summed E-state index contributed by atoms with van der Waals surface area (Å²) < 4.78 is 5.37.